The number of ether oxygens (including phenoxy) is 2. The molecular formula is C19H15ClF2N2O3. The summed E-state index contributed by atoms with van der Waals surface area (Å²) < 4.78 is 40.3. The van der Waals surface area contributed by atoms with E-state index in [1.807, 2.05) is 0 Å². The van der Waals surface area contributed by atoms with Gasteiger partial charge >= 0.3 is 0 Å². The van der Waals surface area contributed by atoms with Gasteiger partial charge in [0.05, 0.1) is 25.5 Å². The van der Waals surface area contributed by atoms with Crippen molar-refractivity contribution in [3.8, 4) is 33.9 Å². The van der Waals surface area contributed by atoms with Crippen LogP contribution in [0.5, 0.6) is 11.5 Å². The van der Waals surface area contributed by atoms with Gasteiger partial charge in [0.1, 0.15) is 28.2 Å². The molecule has 5 nitrogen and oxygen atoms in total. The zero-order valence-corrected chi connectivity index (χ0v) is 15.5. The summed E-state index contributed by atoms with van der Waals surface area (Å²) in [6.07, 6.45) is 0. The lowest BCUT2D eigenvalue weighted by Crippen LogP contribution is -2.20. The van der Waals surface area contributed by atoms with Gasteiger partial charge in [-0.2, -0.15) is 5.10 Å². The predicted molar refractivity (Wildman–Crippen MR) is 98.4 cm³/mol. The van der Waals surface area contributed by atoms with E-state index < -0.39 is 17.2 Å². The molecule has 2 aromatic carbocycles. The summed E-state index contributed by atoms with van der Waals surface area (Å²) in [6, 6.07) is 7.72. The quantitative estimate of drug-likeness (QED) is 0.671. The molecule has 0 spiro atoms. The van der Waals surface area contributed by atoms with Gasteiger partial charge in [-0.15, -0.1) is 0 Å². The second-order valence-electron chi connectivity index (χ2n) is 5.66. The summed E-state index contributed by atoms with van der Waals surface area (Å²) in [6.45, 7) is 0. The average molecular weight is 393 g/mol. The summed E-state index contributed by atoms with van der Waals surface area (Å²) in [4.78, 5) is 12.1. The third-order valence-corrected chi connectivity index (χ3v) is 4.42. The Morgan fingerprint density at radius 1 is 1.04 bits per heavy atom. The third-order valence-electron chi connectivity index (χ3n) is 4.04. The van der Waals surface area contributed by atoms with Crippen molar-refractivity contribution in [2.24, 2.45) is 7.05 Å². The Bertz CT molecular complexity index is 1040. The molecule has 0 N–H and O–H groups in total. The molecule has 0 bridgehead atoms. The van der Waals surface area contributed by atoms with E-state index in [1.165, 1.54) is 27.3 Å². The summed E-state index contributed by atoms with van der Waals surface area (Å²) in [7, 11) is 4.30. The fourth-order valence-electron chi connectivity index (χ4n) is 2.70. The Hall–Kier alpha value is -2.93. The largest absolute Gasteiger partial charge is 0.495 e. The van der Waals surface area contributed by atoms with E-state index in [9.17, 15) is 13.6 Å². The normalized spacial score (nSPS) is 10.7. The molecule has 0 amide bonds. The van der Waals surface area contributed by atoms with Crippen molar-refractivity contribution < 1.29 is 18.3 Å². The molecular weight excluding hydrogens is 378 g/mol. The molecule has 0 unspecified atom stereocenters. The Balaban J connectivity index is 2.38. The van der Waals surface area contributed by atoms with Gasteiger partial charge < -0.3 is 9.47 Å². The van der Waals surface area contributed by atoms with Crippen molar-refractivity contribution in [3.05, 3.63) is 63.4 Å². The van der Waals surface area contributed by atoms with Crippen LogP contribution in [0.25, 0.3) is 22.4 Å². The maximum Gasteiger partial charge on any atom is 0.267 e. The second kappa shape index (κ2) is 7.36. The van der Waals surface area contributed by atoms with Gasteiger partial charge in [0.15, 0.2) is 0 Å². The fraction of sp³-hybridized carbons (Fsp3) is 0.158. The lowest BCUT2D eigenvalue weighted by molar-refractivity contribution is 0.395. The number of hydrogen-bond donors (Lipinski definition) is 0. The molecule has 0 fully saturated rings. The summed E-state index contributed by atoms with van der Waals surface area (Å²) in [5.41, 5.74) is -0.245. The minimum absolute atomic E-state index is 0.0140. The molecule has 8 heteroatoms. The zero-order chi connectivity index (χ0) is 19.7. The van der Waals surface area contributed by atoms with Crippen LogP contribution in [0, 0.1) is 11.6 Å². The first-order valence-electron chi connectivity index (χ1n) is 7.82. The van der Waals surface area contributed by atoms with Gasteiger partial charge in [-0.1, -0.05) is 17.7 Å². The van der Waals surface area contributed by atoms with Gasteiger partial charge in [0.25, 0.3) is 5.56 Å². The van der Waals surface area contributed by atoms with E-state index in [0.717, 1.165) is 22.9 Å². The van der Waals surface area contributed by atoms with Crippen molar-refractivity contribution in [1.82, 2.24) is 9.78 Å². The smallest absolute Gasteiger partial charge is 0.267 e. The van der Waals surface area contributed by atoms with Gasteiger partial charge in [0, 0.05) is 24.2 Å². The molecule has 140 valence electrons. The minimum Gasteiger partial charge on any atom is -0.495 e. The highest BCUT2D eigenvalue weighted by Gasteiger charge is 2.21. The zero-order valence-electron chi connectivity index (χ0n) is 14.7. The average Bonchev–Trinajstić information content (AvgIpc) is 2.64. The lowest BCUT2D eigenvalue weighted by Gasteiger charge is -2.15. The molecule has 0 saturated heterocycles. The van der Waals surface area contributed by atoms with Crippen LogP contribution >= 0.6 is 11.6 Å². The summed E-state index contributed by atoms with van der Waals surface area (Å²) >= 11 is 6.19. The van der Waals surface area contributed by atoms with Crippen molar-refractivity contribution in [2.75, 3.05) is 14.2 Å². The number of benzene rings is 2. The topological polar surface area (TPSA) is 53.4 Å². The molecule has 3 aromatic rings. The summed E-state index contributed by atoms with van der Waals surface area (Å²) in [5.74, 6) is -1.03. The van der Waals surface area contributed by atoms with Crippen LogP contribution in [-0.4, -0.2) is 24.0 Å². The van der Waals surface area contributed by atoms with Crippen molar-refractivity contribution in [1.29, 1.82) is 0 Å². The van der Waals surface area contributed by atoms with Crippen LogP contribution in [0.15, 0.2) is 41.2 Å². The number of aromatic nitrogens is 2. The van der Waals surface area contributed by atoms with E-state index in [1.54, 1.807) is 12.1 Å². The molecule has 0 aliphatic heterocycles. The molecule has 0 atom stereocenters. The third kappa shape index (κ3) is 3.38. The Kier molecular flexibility index (Phi) is 5.14. The molecule has 0 aliphatic rings. The lowest BCUT2D eigenvalue weighted by atomic mass is 9.98. The maximum absolute atomic E-state index is 14.4. The minimum atomic E-state index is -0.806. The highest BCUT2D eigenvalue weighted by atomic mass is 35.5. The first-order chi connectivity index (χ1) is 12.9. The molecule has 0 radical (unpaired) electrons. The molecule has 1 aromatic heterocycles. The number of nitrogens with zero attached hydrogens (tertiary/aromatic N) is 2. The van der Waals surface area contributed by atoms with Crippen LogP contribution in [-0.2, 0) is 7.05 Å². The standard InChI is InChI=1S/C19H15ClF2N2O3/c1-24-16(25)9-11(17-12(21)5-4-6-13(17)22)19(23-24)10-7-14(26-2)18(20)15(8-10)27-3/h4-9H,1-3H3. The highest BCUT2D eigenvalue weighted by molar-refractivity contribution is 6.33. The molecule has 27 heavy (non-hydrogen) atoms. The summed E-state index contributed by atoms with van der Waals surface area (Å²) in [5, 5.41) is 4.44. The van der Waals surface area contributed by atoms with E-state index in [-0.39, 0.29) is 21.8 Å². The Labute approximate surface area is 158 Å². The monoisotopic (exact) mass is 392 g/mol. The predicted octanol–water partition coefficient (Wildman–Crippen LogP) is 4.06. The molecule has 0 aliphatic carbocycles. The van der Waals surface area contributed by atoms with E-state index >= 15 is 0 Å². The number of methoxy groups -OCH3 is 2. The van der Waals surface area contributed by atoms with Crippen LogP contribution in [0.1, 0.15) is 0 Å². The van der Waals surface area contributed by atoms with Crippen molar-refractivity contribution in [2.45, 2.75) is 0 Å². The highest BCUT2D eigenvalue weighted by Crippen LogP contribution is 2.41. The number of aryl methyl sites for hydroxylation is 1. The van der Waals surface area contributed by atoms with Gasteiger partial charge in [-0.25, -0.2) is 13.5 Å². The Morgan fingerprint density at radius 3 is 2.11 bits per heavy atom. The van der Waals surface area contributed by atoms with Crippen molar-refractivity contribution >= 4 is 11.6 Å². The maximum atomic E-state index is 14.4. The van der Waals surface area contributed by atoms with Crippen LogP contribution in [0.3, 0.4) is 0 Å². The molecule has 1 heterocycles. The Morgan fingerprint density at radius 2 is 1.59 bits per heavy atom. The van der Waals surface area contributed by atoms with Crippen LogP contribution < -0.4 is 15.0 Å². The number of hydrogen-bond acceptors (Lipinski definition) is 4. The van der Waals surface area contributed by atoms with Crippen molar-refractivity contribution in [3.63, 3.8) is 0 Å². The van der Waals surface area contributed by atoms with Gasteiger partial charge in [-0.05, 0) is 24.3 Å². The first-order valence-corrected chi connectivity index (χ1v) is 8.19. The first kappa shape index (κ1) is 18.8. The van der Waals surface area contributed by atoms with Crippen LogP contribution in [0.4, 0.5) is 8.78 Å². The van der Waals surface area contributed by atoms with Crippen LogP contribution in [0.2, 0.25) is 5.02 Å². The molecule has 3 rings (SSSR count). The van der Waals surface area contributed by atoms with E-state index in [0.29, 0.717) is 17.1 Å². The second-order valence-corrected chi connectivity index (χ2v) is 6.04. The van der Waals surface area contributed by atoms with Gasteiger partial charge in [0.2, 0.25) is 0 Å². The number of rotatable bonds is 4. The van der Waals surface area contributed by atoms with E-state index in [4.69, 9.17) is 21.1 Å². The van der Waals surface area contributed by atoms with Gasteiger partial charge in [-0.3, -0.25) is 4.79 Å². The van der Waals surface area contributed by atoms with E-state index in [2.05, 4.69) is 5.10 Å². The fourth-order valence-corrected chi connectivity index (χ4v) is 2.97. The molecule has 0 saturated carbocycles. The SMILES string of the molecule is COc1cc(-c2nn(C)c(=O)cc2-c2c(F)cccc2F)cc(OC)c1Cl. The number of halogens is 3.